The van der Waals surface area contributed by atoms with E-state index < -0.39 is 117 Å². The summed E-state index contributed by atoms with van der Waals surface area (Å²) < 4.78 is 35.7. The fourth-order valence-electron chi connectivity index (χ4n) is 10.7. The Morgan fingerprint density at radius 3 is 2.14 bits per heavy atom. The summed E-state index contributed by atoms with van der Waals surface area (Å²) >= 11 is 0. The van der Waals surface area contributed by atoms with Gasteiger partial charge in [-0.25, -0.2) is 9.59 Å². The van der Waals surface area contributed by atoms with E-state index >= 15 is 0 Å². The second-order valence-corrected chi connectivity index (χ2v) is 19.9. The predicted molar refractivity (Wildman–Crippen MR) is 256 cm³/mol. The van der Waals surface area contributed by atoms with E-state index in [4.69, 9.17) is 28.4 Å². The Kier molecular flexibility index (Phi) is 19.9. The number of nitrogens with zero attached hydrogens (tertiary/aromatic N) is 3. The molecule has 4 aliphatic rings. The SMILES string of the molecule is C=CCC1C=C(C)CC(C)CC(OC)C2OC(O)(C(=O)C(=O)N3CCCCC3C(=O)OC(C(C)=CC3CCC(OC(=O)c4cc([N+](=O)[O-])cc([N+](=O)[O-])c4)C(OC)C3)C(C)C(O)CC1=O)C(C)CC2OC. The van der Waals surface area contributed by atoms with Gasteiger partial charge >= 0.3 is 11.9 Å². The number of amides is 1. The number of hydrogen-bond acceptors (Lipinski definition) is 17. The van der Waals surface area contributed by atoms with Crippen LogP contribution in [0.4, 0.5) is 11.4 Å². The number of hydrogen-bond donors (Lipinski definition) is 2. The van der Waals surface area contributed by atoms with Gasteiger partial charge in [-0.1, -0.05) is 44.6 Å². The van der Waals surface area contributed by atoms with Crippen molar-refractivity contribution < 1.29 is 72.5 Å². The number of ketones is 2. The molecule has 20 nitrogen and oxygen atoms in total. The maximum Gasteiger partial charge on any atom is 0.339 e. The molecule has 1 amide bonds. The van der Waals surface area contributed by atoms with E-state index in [0.717, 1.165) is 28.7 Å². The fraction of sp³-hybridized carbons (Fsp3) is 0.667. The summed E-state index contributed by atoms with van der Waals surface area (Å²) in [7, 11) is 4.41. The first kappa shape index (κ1) is 56.7. The first-order valence-electron chi connectivity index (χ1n) is 24.4. The van der Waals surface area contributed by atoms with Gasteiger partial charge in [-0.3, -0.25) is 34.6 Å². The first-order valence-corrected chi connectivity index (χ1v) is 24.4. The molecule has 14 unspecified atom stereocenters. The minimum Gasteiger partial charge on any atom is -0.456 e. The monoisotopic (exact) mass is 997 g/mol. The number of allylic oxidation sites excluding steroid dienone is 4. The molecule has 2 bridgehead atoms. The van der Waals surface area contributed by atoms with Gasteiger partial charge in [-0.2, -0.15) is 0 Å². The van der Waals surface area contributed by atoms with Crippen molar-refractivity contribution in [1.29, 1.82) is 0 Å². The van der Waals surface area contributed by atoms with Crippen LogP contribution in [0.25, 0.3) is 0 Å². The van der Waals surface area contributed by atoms with E-state index in [2.05, 4.69) is 6.58 Å². The molecule has 2 N–H and O–H groups in total. The van der Waals surface area contributed by atoms with Crippen LogP contribution in [-0.2, 0) is 47.6 Å². The minimum absolute atomic E-state index is 0.00459. The van der Waals surface area contributed by atoms with Gasteiger partial charge in [0.25, 0.3) is 23.1 Å². The summed E-state index contributed by atoms with van der Waals surface area (Å²) in [4.78, 5) is 93.0. The van der Waals surface area contributed by atoms with Crippen LogP contribution in [0.2, 0.25) is 0 Å². The summed E-state index contributed by atoms with van der Waals surface area (Å²) in [6.07, 6.45) is 2.21. The number of Topliss-reactive ketones (excluding diaryl/α,β-unsaturated/α-hetero) is 2. The van der Waals surface area contributed by atoms with Gasteiger partial charge < -0.3 is 43.5 Å². The number of carbonyl (C=O) groups is 5. The third kappa shape index (κ3) is 13.6. The van der Waals surface area contributed by atoms with E-state index in [1.165, 1.54) is 21.3 Å². The van der Waals surface area contributed by atoms with Crippen LogP contribution in [0.3, 0.4) is 0 Å². The van der Waals surface area contributed by atoms with Crippen LogP contribution in [0.1, 0.15) is 116 Å². The molecule has 1 aromatic carbocycles. The Morgan fingerprint density at radius 1 is 0.901 bits per heavy atom. The normalized spacial score (nSPS) is 34.2. The highest BCUT2D eigenvalue weighted by atomic mass is 16.7. The van der Waals surface area contributed by atoms with Crippen LogP contribution in [0, 0.1) is 49.8 Å². The summed E-state index contributed by atoms with van der Waals surface area (Å²) in [5.41, 5.74) is -0.286. The van der Waals surface area contributed by atoms with Crippen LogP contribution in [0.5, 0.6) is 0 Å². The van der Waals surface area contributed by atoms with E-state index in [0.29, 0.717) is 44.1 Å². The number of esters is 2. The third-order valence-electron chi connectivity index (χ3n) is 14.7. The smallest absolute Gasteiger partial charge is 0.339 e. The molecule has 0 radical (unpaired) electrons. The number of benzene rings is 1. The summed E-state index contributed by atoms with van der Waals surface area (Å²) in [6, 6.07) is 1.28. The Hall–Kier alpha value is -5.25. The van der Waals surface area contributed by atoms with E-state index in [1.807, 2.05) is 26.0 Å². The molecule has 0 aromatic heterocycles. The molecule has 1 aliphatic carbocycles. The zero-order valence-electron chi connectivity index (χ0n) is 42.0. The van der Waals surface area contributed by atoms with Crippen molar-refractivity contribution in [3.8, 4) is 0 Å². The number of piperidine rings is 1. The zero-order valence-corrected chi connectivity index (χ0v) is 42.0. The number of cyclic esters (lactones) is 1. The van der Waals surface area contributed by atoms with Gasteiger partial charge in [0.2, 0.25) is 5.79 Å². The summed E-state index contributed by atoms with van der Waals surface area (Å²) in [6.45, 7) is 12.7. The highest BCUT2D eigenvalue weighted by molar-refractivity contribution is 6.39. The van der Waals surface area contributed by atoms with E-state index in [1.54, 1.807) is 26.8 Å². The second kappa shape index (κ2) is 24.9. The molecule has 71 heavy (non-hydrogen) atoms. The Labute approximate surface area is 414 Å². The summed E-state index contributed by atoms with van der Waals surface area (Å²) in [5, 5.41) is 46.9. The lowest BCUT2D eigenvalue weighted by atomic mass is 9.81. The van der Waals surface area contributed by atoms with Gasteiger partial charge in [-0.05, 0) is 95.5 Å². The molecule has 3 aliphatic heterocycles. The predicted octanol–water partition coefficient (Wildman–Crippen LogP) is 6.32. The third-order valence-corrected chi connectivity index (χ3v) is 14.7. The zero-order chi connectivity index (χ0) is 52.5. The lowest BCUT2D eigenvalue weighted by Crippen LogP contribution is -2.64. The standard InChI is InChI=1S/C51H71N3O17/c1-10-13-34-19-28(2)18-29(3)20-43(67-8)46-44(68-9)22-31(5)51(61,71-46)47(57)48(58)52-17-12-11-14-38(52)50(60)70-45(32(6)39(55)27-40(34)56)30(4)21-33-15-16-41(42(23-33)66-7)69-49(59)35-24-36(53(62)63)26-37(25-35)54(64)65/h10,19,21,24-26,29,31-34,38-39,41-46,55,61H,1,11-18,20,22-23,27H2,2-9H3. The number of rotatable bonds is 11. The number of aliphatic hydroxyl groups excluding tert-OH is 1. The molecule has 5 rings (SSSR count). The van der Waals surface area contributed by atoms with Crippen molar-refractivity contribution in [2.75, 3.05) is 27.9 Å². The van der Waals surface area contributed by atoms with Crippen molar-refractivity contribution in [2.45, 2.75) is 160 Å². The Bertz CT molecular complexity index is 2180. The highest BCUT2D eigenvalue weighted by Gasteiger charge is 2.56. The minimum atomic E-state index is -2.59. The number of nitro groups is 2. The topological polar surface area (TPSA) is 271 Å². The average Bonchev–Trinajstić information content (AvgIpc) is 3.34. The number of non-ortho nitro benzene ring substituents is 2. The number of ether oxygens (including phenoxy) is 6. The largest absolute Gasteiger partial charge is 0.456 e. The van der Waals surface area contributed by atoms with Gasteiger partial charge in [0.05, 0.1) is 45.9 Å². The molecule has 3 heterocycles. The fourth-order valence-corrected chi connectivity index (χ4v) is 10.7. The lowest BCUT2D eigenvalue weighted by molar-refractivity contribution is -0.394. The van der Waals surface area contributed by atoms with Crippen LogP contribution < -0.4 is 0 Å². The molecule has 20 heteroatoms. The molecule has 0 spiro atoms. The number of aliphatic hydroxyl groups is 2. The van der Waals surface area contributed by atoms with Gasteiger partial charge in [-0.15, -0.1) is 6.58 Å². The van der Waals surface area contributed by atoms with Gasteiger partial charge in [0.1, 0.15) is 30.1 Å². The quantitative estimate of drug-likeness (QED) is 0.0807. The maximum absolute atomic E-state index is 14.6. The maximum atomic E-state index is 14.6. The molecule has 14 atom stereocenters. The first-order chi connectivity index (χ1) is 33.6. The molecular formula is C51H71N3O17. The number of methoxy groups -OCH3 is 3. The second-order valence-electron chi connectivity index (χ2n) is 19.9. The number of nitro benzene ring substituents is 2. The van der Waals surface area contributed by atoms with Crippen LogP contribution >= 0.6 is 0 Å². The van der Waals surface area contributed by atoms with Gasteiger partial charge in [0.15, 0.2) is 0 Å². The highest BCUT2D eigenvalue weighted by Crippen LogP contribution is 2.40. The van der Waals surface area contributed by atoms with Crippen molar-refractivity contribution in [2.24, 2.45) is 29.6 Å². The van der Waals surface area contributed by atoms with E-state index in [-0.39, 0.29) is 61.8 Å². The molecule has 1 aromatic rings. The van der Waals surface area contributed by atoms with Crippen LogP contribution in [-0.4, -0.2) is 137 Å². The lowest BCUT2D eigenvalue weighted by Gasteiger charge is -2.47. The molecular weight excluding hydrogens is 927 g/mol. The average molecular weight is 998 g/mol. The van der Waals surface area contributed by atoms with Crippen LogP contribution in [0.15, 0.2) is 54.2 Å². The Balaban J connectivity index is 1.48. The van der Waals surface area contributed by atoms with E-state index in [9.17, 15) is 54.4 Å². The van der Waals surface area contributed by atoms with Crippen molar-refractivity contribution in [1.82, 2.24) is 4.90 Å². The number of carbonyl (C=O) groups excluding carboxylic acids is 5. The molecule has 3 fully saturated rings. The van der Waals surface area contributed by atoms with Crippen molar-refractivity contribution >= 4 is 40.8 Å². The van der Waals surface area contributed by atoms with Crippen molar-refractivity contribution in [3.63, 3.8) is 0 Å². The molecule has 392 valence electrons. The number of fused-ring (bicyclic) bond motifs is 3. The molecule has 1 saturated carbocycles. The Morgan fingerprint density at radius 2 is 1.54 bits per heavy atom. The van der Waals surface area contributed by atoms with Gasteiger partial charge in [0, 0.05) is 64.2 Å². The van der Waals surface area contributed by atoms with Crippen molar-refractivity contribution in [3.05, 3.63) is 79.9 Å². The summed E-state index contributed by atoms with van der Waals surface area (Å²) in [5.74, 6) is -9.81. The molecule has 2 saturated heterocycles.